The minimum absolute atomic E-state index is 0.00949. The van der Waals surface area contributed by atoms with Crippen molar-refractivity contribution in [1.82, 2.24) is 10.7 Å². The van der Waals surface area contributed by atoms with E-state index < -0.39 is 0 Å². The second-order valence-electron chi connectivity index (χ2n) is 3.28. The van der Waals surface area contributed by atoms with Crippen LogP contribution in [0.25, 0.3) is 0 Å². The molecule has 0 fully saturated rings. The minimum Gasteiger partial charge on any atom is -0.330 e. The number of hydrogen-bond donors (Lipinski definition) is 3. The number of hydrazine groups is 1. The van der Waals surface area contributed by atoms with Crippen molar-refractivity contribution in [2.45, 2.75) is 26.7 Å². The van der Waals surface area contributed by atoms with Crippen LogP contribution < -0.4 is 16.6 Å². The molecule has 14 heavy (non-hydrogen) atoms. The molecule has 0 spiro atoms. The maximum atomic E-state index is 11.3. The van der Waals surface area contributed by atoms with Crippen molar-refractivity contribution in [2.24, 2.45) is 5.84 Å². The maximum Gasteiger partial charge on any atom is 0.224 e. The van der Waals surface area contributed by atoms with Gasteiger partial charge in [-0.2, -0.15) is 0 Å². The van der Waals surface area contributed by atoms with Gasteiger partial charge >= 0.3 is 0 Å². The Morgan fingerprint density at radius 3 is 2.64 bits per heavy atom. The van der Waals surface area contributed by atoms with Crippen molar-refractivity contribution in [3.8, 4) is 0 Å². The lowest BCUT2D eigenvalue weighted by Crippen LogP contribution is -2.26. The molecular formula is C10H19N3O. The second kappa shape index (κ2) is 7.29. The molecule has 4 nitrogen and oxygen atoms in total. The van der Waals surface area contributed by atoms with Gasteiger partial charge < -0.3 is 5.32 Å². The molecule has 0 aromatic rings. The smallest absolute Gasteiger partial charge is 0.224 e. The summed E-state index contributed by atoms with van der Waals surface area (Å²) in [4.78, 5) is 11.3. The van der Waals surface area contributed by atoms with Crippen LogP contribution in [0.1, 0.15) is 26.7 Å². The van der Waals surface area contributed by atoms with E-state index in [9.17, 15) is 4.79 Å². The highest BCUT2D eigenvalue weighted by atomic mass is 16.1. The SMILES string of the molecule is C=C(C)/C=C(\C)NC(=O)CCCNN. The van der Waals surface area contributed by atoms with Crippen molar-refractivity contribution in [2.75, 3.05) is 6.54 Å². The Morgan fingerprint density at radius 1 is 1.50 bits per heavy atom. The molecule has 0 radical (unpaired) electrons. The number of rotatable bonds is 6. The molecule has 0 unspecified atom stereocenters. The summed E-state index contributed by atoms with van der Waals surface area (Å²) in [6.45, 7) is 8.10. The normalized spacial score (nSPS) is 11.2. The summed E-state index contributed by atoms with van der Waals surface area (Å²) in [6.07, 6.45) is 3.05. The molecule has 1 amide bonds. The lowest BCUT2D eigenvalue weighted by atomic mass is 10.2. The predicted molar refractivity (Wildman–Crippen MR) is 58.1 cm³/mol. The van der Waals surface area contributed by atoms with Gasteiger partial charge in [0.1, 0.15) is 0 Å². The fourth-order valence-corrected chi connectivity index (χ4v) is 1.04. The van der Waals surface area contributed by atoms with E-state index in [1.807, 2.05) is 19.9 Å². The van der Waals surface area contributed by atoms with Gasteiger partial charge in [-0.25, -0.2) is 0 Å². The Labute approximate surface area is 85.2 Å². The number of amides is 1. The largest absolute Gasteiger partial charge is 0.330 e. The number of hydrogen-bond acceptors (Lipinski definition) is 3. The second-order valence-corrected chi connectivity index (χ2v) is 3.28. The zero-order valence-corrected chi connectivity index (χ0v) is 8.89. The summed E-state index contributed by atoms with van der Waals surface area (Å²) in [5.74, 6) is 5.09. The highest BCUT2D eigenvalue weighted by Gasteiger charge is 2.00. The molecule has 0 bridgehead atoms. The van der Waals surface area contributed by atoms with E-state index in [1.165, 1.54) is 0 Å². The van der Waals surface area contributed by atoms with Crippen LogP contribution >= 0.6 is 0 Å². The van der Waals surface area contributed by atoms with Gasteiger partial charge in [-0.1, -0.05) is 12.2 Å². The molecule has 0 saturated carbocycles. The van der Waals surface area contributed by atoms with Crippen LogP contribution in [0.5, 0.6) is 0 Å². The summed E-state index contributed by atoms with van der Waals surface area (Å²) in [5.41, 5.74) is 4.24. The van der Waals surface area contributed by atoms with Crippen LogP contribution in [0, 0.1) is 0 Å². The first-order valence-corrected chi connectivity index (χ1v) is 4.63. The molecular weight excluding hydrogens is 178 g/mol. The topological polar surface area (TPSA) is 67.2 Å². The van der Waals surface area contributed by atoms with Gasteiger partial charge in [-0.15, -0.1) is 0 Å². The van der Waals surface area contributed by atoms with Crippen LogP contribution in [0.4, 0.5) is 0 Å². The first-order valence-electron chi connectivity index (χ1n) is 4.63. The Bertz CT molecular complexity index is 234. The van der Waals surface area contributed by atoms with E-state index in [-0.39, 0.29) is 5.91 Å². The van der Waals surface area contributed by atoms with E-state index in [0.29, 0.717) is 13.0 Å². The molecule has 0 aromatic carbocycles. The highest BCUT2D eigenvalue weighted by Crippen LogP contribution is 1.96. The highest BCUT2D eigenvalue weighted by molar-refractivity contribution is 5.77. The minimum atomic E-state index is 0.00949. The zero-order chi connectivity index (χ0) is 11.0. The average Bonchev–Trinajstić information content (AvgIpc) is 2.02. The van der Waals surface area contributed by atoms with E-state index in [2.05, 4.69) is 17.3 Å². The Balaban J connectivity index is 3.77. The van der Waals surface area contributed by atoms with Crippen molar-refractivity contribution >= 4 is 5.91 Å². The summed E-state index contributed by atoms with van der Waals surface area (Å²) in [5, 5.41) is 2.76. The van der Waals surface area contributed by atoms with Crippen molar-refractivity contribution in [3.05, 3.63) is 23.9 Å². The van der Waals surface area contributed by atoms with Crippen LogP contribution in [-0.4, -0.2) is 12.5 Å². The molecule has 0 saturated heterocycles. The van der Waals surface area contributed by atoms with Gasteiger partial charge in [-0.3, -0.25) is 16.1 Å². The molecule has 80 valence electrons. The fraction of sp³-hybridized carbons (Fsp3) is 0.500. The molecule has 0 heterocycles. The van der Waals surface area contributed by atoms with Crippen LogP contribution in [-0.2, 0) is 4.79 Å². The Morgan fingerprint density at radius 2 is 2.14 bits per heavy atom. The molecule has 0 aliphatic carbocycles. The summed E-state index contributed by atoms with van der Waals surface area (Å²) in [6, 6.07) is 0. The van der Waals surface area contributed by atoms with Crippen molar-refractivity contribution < 1.29 is 4.79 Å². The number of carbonyl (C=O) groups excluding carboxylic acids is 1. The van der Waals surface area contributed by atoms with Gasteiger partial charge in [0.05, 0.1) is 0 Å². The number of nitrogens with one attached hydrogen (secondary N) is 2. The third-order valence-corrected chi connectivity index (χ3v) is 1.52. The van der Waals surface area contributed by atoms with E-state index in [1.54, 1.807) is 0 Å². The van der Waals surface area contributed by atoms with Gasteiger partial charge in [0.25, 0.3) is 0 Å². The number of nitrogens with two attached hydrogens (primary N) is 1. The Hall–Kier alpha value is -1.13. The van der Waals surface area contributed by atoms with Crippen molar-refractivity contribution in [1.29, 1.82) is 0 Å². The first-order chi connectivity index (χ1) is 6.56. The monoisotopic (exact) mass is 197 g/mol. The standard InChI is InChI=1S/C10H19N3O/c1-8(2)7-9(3)13-10(14)5-4-6-12-11/h7,12H,1,4-6,11H2,2-3H3,(H,13,14)/b9-7+. The van der Waals surface area contributed by atoms with Crippen LogP contribution in [0.15, 0.2) is 23.9 Å². The van der Waals surface area contributed by atoms with Gasteiger partial charge in [0.2, 0.25) is 5.91 Å². The molecule has 4 N–H and O–H groups in total. The summed E-state index contributed by atoms with van der Waals surface area (Å²) >= 11 is 0. The molecule has 4 heteroatoms. The summed E-state index contributed by atoms with van der Waals surface area (Å²) < 4.78 is 0. The number of allylic oxidation sites excluding steroid dienone is 3. The molecule has 0 aromatic heterocycles. The third kappa shape index (κ3) is 7.52. The van der Waals surface area contributed by atoms with E-state index in [0.717, 1.165) is 17.7 Å². The average molecular weight is 197 g/mol. The van der Waals surface area contributed by atoms with Gasteiger partial charge in [0, 0.05) is 18.7 Å². The maximum absolute atomic E-state index is 11.3. The zero-order valence-electron chi connectivity index (χ0n) is 8.89. The van der Waals surface area contributed by atoms with Gasteiger partial charge in [-0.05, 0) is 26.3 Å². The predicted octanol–water partition coefficient (Wildman–Crippen LogP) is 0.826. The summed E-state index contributed by atoms with van der Waals surface area (Å²) in [7, 11) is 0. The van der Waals surface area contributed by atoms with Crippen molar-refractivity contribution in [3.63, 3.8) is 0 Å². The van der Waals surface area contributed by atoms with E-state index >= 15 is 0 Å². The molecule has 0 atom stereocenters. The first kappa shape index (κ1) is 12.9. The number of carbonyl (C=O) groups is 1. The lowest BCUT2D eigenvalue weighted by Gasteiger charge is -2.04. The van der Waals surface area contributed by atoms with Crippen LogP contribution in [0.3, 0.4) is 0 Å². The molecule has 0 aliphatic heterocycles. The van der Waals surface area contributed by atoms with E-state index in [4.69, 9.17) is 5.84 Å². The van der Waals surface area contributed by atoms with Gasteiger partial charge in [0.15, 0.2) is 0 Å². The quantitative estimate of drug-likeness (QED) is 0.256. The molecule has 0 aliphatic rings. The fourth-order valence-electron chi connectivity index (χ4n) is 1.04. The Kier molecular flexibility index (Phi) is 6.70. The van der Waals surface area contributed by atoms with Crippen LogP contribution in [0.2, 0.25) is 0 Å². The molecule has 0 rings (SSSR count). The lowest BCUT2D eigenvalue weighted by molar-refractivity contribution is -0.120. The third-order valence-electron chi connectivity index (χ3n) is 1.52.